The van der Waals surface area contributed by atoms with Crippen LogP contribution in [0.5, 0.6) is 5.75 Å². The van der Waals surface area contributed by atoms with Gasteiger partial charge in [0.05, 0.1) is 0 Å². The van der Waals surface area contributed by atoms with Crippen LogP contribution in [0.25, 0.3) is 6.08 Å². The van der Waals surface area contributed by atoms with Crippen molar-refractivity contribution in [2.75, 3.05) is 6.54 Å². The average molecular weight is 340 g/mol. The van der Waals surface area contributed by atoms with E-state index in [1.165, 1.54) is 12.1 Å². The maximum Gasteiger partial charge on any atom is 0.328 e. The number of para-hydroxylation sites is 1. The lowest BCUT2D eigenvalue weighted by Gasteiger charge is -2.10. The van der Waals surface area contributed by atoms with Crippen LogP contribution in [-0.2, 0) is 11.4 Å². The number of benzene rings is 2. The van der Waals surface area contributed by atoms with E-state index >= 15 is 0 Å². The van der Waals surface area contributed by atoms with Gasteiger partial charge >= 0.3 is 6.03 Å². The highest BCUT2D eigenvalue weighted by Crippen LogP contribution is 2.23. The van der Waals surface area contributed by atoms with E-state index in [9.17, 15) is 14.0 Å². The summed E-state index contributed by atoms with van der Waals surface area (Å²) < 4.78 is 19.0. The van der Waals surface area contributed by atoms with E-state index in [-0.39, 0.29) is 24.0 Å². The topological polar surface area (TPSA) is 58.6 Å². The second kappa shape index (κ2) is 7.17. The molecule has 25 heavy (non-hydrogen) atoms. The number of hydrogen-bond donors (Lipinski definition) is 1. The molecule has 5 nitrogen and oxygen atoms in total. The second-order valence-electron chi connectivity index (χ2n) is 5.49. The molecular formula is C19H17FN2O3. The van der Waals surface area contributed by atoms with Crippen molar-refractivity contribution in [1.29, 1.82) is 0 Å². The number of hydrogen-bond acceptors (Lipinski definition) is 3. The number of amides is 3. The van der Waals surface area contributed by atoms with Crippen molar-refractivity contribution in [3.8, 4) is 5.75 Å². The van der Waals surface area contributed by atoms with Gasteiger partial charge in [-0.1, -0.05) is 30.3 Å². The normalized spacial score (nSPS) is 15.6. The Morgan fingerprint density at radius 1 is 1.16 bits per heavy atom. The molecule has 1 N–H and O–H groups in total. The van der Waals surface area contributed by atoms with Gasteiger partial charge < -0.3 is 10.1 Å². The monoisotopic (exact) mass is 340 g/mol. The van der Waals surface area contributed by atoms with Crippen molar-refractivity contribution in [2.24, 2.45) is 0 Å². The van der Waals surface area contributed by atoms with Crippen LogP contribution in [-0.4, -0.2) is 23.4 Å². The maximum atomic E-state index is 13.2. The zero-order chi connectivity index (χ0) is 17.8. The number of nitrogens with one attached hydrogen (secondary N) is 1. The maximum absolute atomic E-state index is 13.2. The third kappa shape index (κ3) is 3.68. The molecule has 0 aromatic heterocycles. The highest BCUT2D eigenvalue weighted by molar-refractivity contribution is 6.14. The number of urea groups is 1. The molecule has 3 rings (SSSR count). The zero-order valence-corrected chi connectivity index (χ0v) is 13.7. The van der Waals surface area contributed by atoms with Gasteiger partial charge in [-0.2, -0.15) is 0 Å². The molecule has 0 atom stereocenters. The lowest BCUT2D eigenvalue weighted by molar-refractivity contribution is -0.122. The Balaban J connectivity index is 1.81. The fourth-order valence-electron chi connectivity index (χ4n) is 2.53. The first-order chi connectivity index (χ1) is 12.1. The van der Waals surface area contributed by atoms with Gasteiger partial charge in [-0.15, -0.1) is 0 Å². The number of carbonyl (C=O) groups is 2. The van der Waals surface area contributed by atoms with Gasteiger partial charge in [0.15, 0.2) is 0 Å². The molecule has 0 bridgehead atoms. The predicted molar refractivity (Wildman–Crippen MR) is 91.1 cm³/mol. The zero-order valence-electron chi connectivity index (χ0n) is 13.7. The molecule has 2 aromatic rings. The van der Waals surface area contributed by atoms with Crippen molar-refractivity contribution >= 4 is 18.0 Å². The summed E-state index contributed by atoms with van der Waals surface area (Å²) in [6, 6.07) is 12.9. The number of rotatable bonds is 5. The van der Waals surface area contributed by atoms with Crippen LogP contribution in [0.2, 0.25) is 0 Å². The Labute approximate surface area is 144 Å². The first-order valence-electron chi connectivity index (χ1n) is 7.89. The fourth-order valence-corrected chi connectivity index (χ4v) is 2.53. The van der Waals surface area contributed by atoms with Gasteiger partial charge in [0.1, 0.15) is 23.9 Å². The van der Waals surface area contributed by atoms with Crippen molar-refractivity contribution in [2.45, 2.75) is 13.5 Å². The van der Waals surface area contributed by atoms with Crippen LogP contribution in [0.15, 0.2) is 54.2 Å². The Bertz CT molecular complexity index is 848. The Morgan fingerprint density at radius 3 is 2.68 bits per heavy atom. The standard InChI is InChI=1S/C19H17FN2O3/c1-2-22-18(23)16(21-19(22)24)11-14-7-3-4-9-17(14)25-12-13-6-5-8-15(20)10-13/h3-11H,2,12H2,1H3,(H,21,24)/b16-11+. The minimum absolute atomic E-state index is 0.194. The van der Waals surface area contributed by atoms with Crippen LogP contribution in [0.3, 0.4) is 0 Å². The molecule has 0 aliphatic carbocycles. The molecule has 0 spiro atoms. The molecule has 6 heteroatoms. The van der Waals surface area contributed by atoms with E-state index < -0.39 is 6.03 Å². The highest BCUT2D eigenvalue weighted by atomic mass is 19.1. The molecule has 3 amide bonds. The van der Waals surface area contributed by atoms with E-state index in [1.54, 1.807) is 49.4 Å². The molecule has 0 radical (unpaired) electrons. The van der Waals surface area contributed by atoms with Gasteiger partial charge in [-0.3, -0.25) is 9.69 Å². The predicted octanol–water partition coefficient (Wildman–Crippen LogP) is 3.32. The quantitative estimate of drug-likeness (QED) is 0.671. The number of carbonyl (C=O) groups excluding carboxylic acids is 2. The van der Waals surface area contributed by atoms with Crippen molar-refractivity contribution < 1.29 is 18.7 Å². The Kier molecular flexibility index (Phi) is 4.79. The van der Waals surface area contributed by atoms with Crippen molar-refractivity contribution in [1.82, 2.24) is 10.2 Å². The minimum Gasteiger partial charge on any atom is -0.488 e. The van der Waals surface area contributed by atoms with E-state index in [0.29, 0.717) is 23.4 Å². The molecule has 0 saturated carbocycles. The molecule has 0 unspecified atom stereocenters. The molecule has 128 valence electrons. The third-order valence-electron chi connectivity index (χ3n) is 3.78. The van der Waals surface area contributed by atoms with Gasteiger partial charge in [-0.05, 0) is 36.8 Å². The second-order valence-corrected chi connectivity index (χ2v) is 5.49. The summed E-state index contributed by atoms with van der Waals surface area (Å²) in [6.45, 7) is 2.23. The molecule has 2 aromatic carbocycles. The number of nitrogens with zero attached hydrogens (tertiary/aromatic N) is 1. The molecular weight excluding hydrogens is 323 g/mol. The largest absolute Gasteiger partial charge is 0.488 e. The molecule has 1 aliphatic rings. The van der Waals surface area contributed by atoms with Crippen LogP contribution in [0.1, 0.15) is 18.1 Å². The average Bonchev–Trinajstić information content (AvgIpc) is 2.87. The SMILES string of the molecule is CCN1C(=O)N/C(=C/c2ccccc2OCc2cccc(F)c2)C1=O. The summed E-state index contributed by atoms with van der Waals surface area (Å²) in [5, 5.41) is 2.56. The molecule has 1 heterocycles. The fraction of sp³-hybridized carbons (Fsp3) is 0.158. The lowest BCUT2D eigenvalue weighted by atomic mass is 10.1. The minimum atomic E-state index is -0.433. The summed E-state index contributed by atoms with van der Waals surface area (Å²) in [5.41, 5.74) is 1.55. The summed E-state index contributed by atoms with van der Waals surface area (Å²) in [7, 11) is 0. The van der Waals surface area contributed by atoms with Gasteiger partial charge in [0.2, 0.25) is 0 Å². The summed E-state index contributed by atoms with van der Waals surface area (Å²) in [6.07, 6.45) is 1.58. The summed E-state index contributed by atoms with van der Waals surface area (Å²) >= 11 is 0. The van der Waals surface area contributed by atoms with Gasteiger partial charge in [0, 0.05) is 12.1 Å². The van der Waals surface area contributed by atoms with Crippen LogP contribution >= 0.6 is 0 Å². The number of halogens is 1. The number of ether oxygens (including phenoxy) is 1. The van der Waals surface area contributed by atoms with E-state index in [4.69, 9.17) is 4.74 Å². The number of likely N-dealkylation sites (N-methyl/N-ethyl adjacent to an activating group) is 1. The first kappa shape index (κ1) is 16.7. The summed E-state index contributed by atoms with van der Waals surface area (Å²) in [5.74, 6) is -0.154. The molecule has 1 aliphatic heterocycles. The first-order valence-corrected chi connectivity index (χ1v) is 7.89. The Hall–Kier alpha value is -3.15. The van der Waals surface area contributed by atoms with Crippen LogP contribution < -0.4 is 10.1 Å². The smallest absolute Gasteiger partial charge is 0.328 e. The summed E-state index contributed by atoms with van der Waals surface area (Å²) in [4.78, 5) is 25.0. The molecule has 1 saturated heterocycles. The van der Waals surface area contributed by atoms with Crippen LogP contribution in [0, 0.1) is 5.82 Å². The van der Waals surface area contributed by atoms with Gasteiger partial charge in [0.25, 0.3) is 5.91 Å². The number of imide groups is 1. The van der Waals surface area contributed by atoms with E-state index in [1.807, 2.05) is 0 Å². The Morgan fingerprint density at radius 2 is 1.96 bits per heavy atom. The lowest BCUT2D eigenvalue weighted by Crippen LogP contribution is -2.30. The third-order valence-corrected chi connectivity index (χ3v) is 3.78. The van der Waals surface area contributed by atoms with Crippen molar-refractivity contribution in [3.05, 3.63) is 71.2 Å². The van der Waals surface area contributed by atoms with Crippen molar-refractivity contribution in [3.63, 3.8) is 0 Å². The molecule has 1 fully saturated rings. The highest BCUT2D eigenvalue weighted by Gasteiger charge is 2.32. The van der Waals surface area contributed by atoms with E-state index in [2.05, 4.69) is 5.32 Å². The van der Waals surface area contributed by atoms with Gasteiger partial charge in [-0.25, -0.2) is 9.18 Å². The van der Waals surface area contributed by atoms with E-state index in [0.717, 1.165) is 4.90 Å². The van der Waals surface area contributed by atoms with Crippen LogP contribution in [0.4, 0.5) is 9.18 Å².